The highest BCUT2D eigenvalue weighted by Crippen LogP contribution is 2.32. The summed E-state index contributed by atoms with van der Waals surface area (Å²) >= 11 is 0. The highest BCUT2D eigenvalue weighted by Gasteiger charge is 2.19. The van der Waals surface area contributed by atoms with Crippen molar-refractivity contribution in [2.24, 2.45) is 0 Å². The van der Waals surface area contributed by atoms with Crippen molar-refractivity contribution in [3.63, 3.8) is 0 Å². The van der Waals surface area contributed by atoms with Gasteiger partial charge < -0.3 is 14.8 Å². The maximum atomic E-state index is 12.5. The molecule has 0 aromatic heterocycles. The lowest BCUT2D eigenvalue weighted by Gasteiger charge is -2.16. The zero-order valence-corrected chi connectivity index (χ0v) is 14.4. The number of methoxy groups -OCH3 is 1. The molecule has 0 aliphatic heterocycles. The fraction of sp³-hybridized carbons (Fsp3) is 0.316. The Morgan fingerprint density at radius 1 is 1.12 bits per heavy atom. The number of hydrogen-bond acceptors (Lipinski definition) is 5. The van der Waals surface area contributed by atoms with Crippen molar-refractivity contribution in [1.29, 1.82) is 0 Å². The smallest absolute Gasteiger partial charge is 0.269 e. The largest absolute Gasteiger partial charge is 0.493 e. The molecule has 1 amide bonds. The molecule has 2 aromatic rings. The van der Waals surface area contributed by atoms with Gasteiger partial charge in [-0.3, -0.25) is 14.9 Å². The number of rotatable bonds is 6. The highest BCUT2D eigenvalue weighted by atomic mass is 16.6. The second-order valence-electron chi connectivity index (χ2n) is 6.15. The maximum absolute atomic E-state index is 12.5. The third-order valence-electron chi connectivity index (χ3n) is 4.36. The van der Waals surface area contributed by atoms with E-state index in [1.54, 1.807) is 25.3 Å². The van der Waals surface area contributed by atoms with E-state index in [9.17, 15) is 14.9 Å². The molecule has 0 heterocycles. The first-order valence-corrected chi connectivity index (χ1v) is 8.47. The number of benzene rings is 2. The van der Waals surface area contributed by atoms with Gasteiger partial charge in [-0.1, -0.05) is 0 Å². The summed E-state index contributed by atoms with van der Waals surface area (Å²) in [5.74, 6) is 0.817. The van der Waals surface area contributed by atoms with Gasteiger partial charge in [-0.25, -0.2) is 0 Å². The Hall–Kier alpha value is -3.09. The monoisotopic (exact) mass is 356 g/mol. The van der Waals surface area contributed by atoms with Gasteiger partial charge in [-0.05, 0) is 56.0 Å². The molecule has 7 heteroatoms. The molecule has 0 bridgehead atoms. The van der Waals surface area contributed by atoms with Crippen molar-refractivity contribution >= 4 is 17.3 Å². The summed E-state index contributed by atoms with van der Waals surface area (Å²) in [4.78, 5) is 22.7. The molecule has 1 fully saturated rings. The molecule has 0 spiro atoms. The van der Waals surface area contributed by atoms with E-state index in [0.29, 0.717) is 22.7 Å². The van der Waals surface area contributed by atoms with Gasteiger partial charge >= 0.3 is 0 Å². The Kier molecular flexibility index (Phi) is 5.36. The fourth-order valence-electron chi connectivity index (χ4n) is 2.97. The zero-order valence-electron chi connectivity index (χ0n) is 14.4. The minimum Gasteiger partial charge on any atom is -0.493 e. The fourth-order valence-corrected chi connectivity index (χ4v) is 2.97. The van der Waals surface area contributed by atoms with Crippen molar-refractivity contribution in [2.75, 3.05) is 12.4 Å². The lowest BCUT2D eigenvalue weighted by Crippen LogP contribution is -2.14. The first kappa shape index (κ1) is 17.7. The number of carbonyl (C=O) groups excluding carboxylic acids is 1. The minimum absolute atomic E-state index is 0.0281. The topological polar surface area (TPSA) is 90.7 Å². The summed E-state index contributed by atoms with van der Waals surface area (Å²) in [6.07, 6.45) is 4.45. The summed E-state index contributed by atoms with van der Waals surface area (Å²) in [5.41, 5.74) is 0.881. The summed E-state index contributed by atoms with van der Waals surface area (Å²) in [5, 5.41) is 13.4. The van der Waals surface area contributed by atoms with Crippen LogP contribution in [-0.2, 0) is 0 Å². The van der Waals surface area contributed by atoms with Gasteiger partial charge in [0.15, 0.2) is 11.5 Å². The summed E-state index contributed by atoms with van der Waals surface area (Å²) in [7, 11) is 1.56. The molecule has 0 unspecified atom stereocenters. The van der Waals surface area contributed by atoms with Crippen LogP contribution in [0.25, 0.3) is 0 Å². The van der Waals surface area contributed by atoms with Crippen LogP contribution in [0.5, 0.6) is 11.5 Å². The summed E-state index contributed by atoms with van der Waals surface area (Å²) < 4.78 is 11.3. The second kappa shape index (κ2) is 7.86. The van der Waals surface area contributed by atoms with E-state index in [1.165, 1.54) is 24.3 Å². The van der Waals surface area contributed by atoms with Crippen LogP contribution in [-0.4, -0.2) is 24.0 Å². The van der Waals surface area contributed by atoms with Gasteiger partial charge in [0, 0.05) is 23.4 Å². The standard InChI is InChI=1S/C19H20N2O5/c1-25-17-11-6-13(12-18(17)26-16-4-2-3-5-16)19(22)20-14-7-9-15(10-8-14)21(23)24/h6-12,16H,2-5H2,1H3,(H,20,22). The predicted octanol–water partition coefficient (Wildman–Crippen LogP) is 4.18. The van der Waals surface area contributed by atoms with E-state index in [0.717, 1.165) is 25.7 Å². The van der Waals surface area contributed by atoms with Crippen molar-refractivity contribution in [1.82, 2.24) is 0 Å². The third kappa shape index (κ3) is 4.11. The maximum Gasteiger partial charge on any atom is 0.269 e. The van der Waals surface area contributed by atoms with E-state index < -0.39 is 4.92 Å². The number of nitrogens with one attached hydrogen (secondary N) is 1. The van der Waals surface area contributed by atoms with Gasteiger partial charge in [-0.2, -0.15) is 0 Å². The molecule has 0 atom stereocenters. The summed E-state index contributed by atoms with van der Waals surface area (Å²) in [6, 6.07) is 10.7. The van der Waals surface area contributed by atoms with Crippen LogP contribution in [0.3, 0.4) is 0 Å². The number of amides is 1. The molecule has 1 aliphatic rings. The van der Waals surface area contributed by atoms with Crippen LogP contribution in [0.15, 0.2) is 42.5 Å². The van der Waals surface area contributed by atoms with Crippen molar-refractivity contribution < 1.29 is 19.2 Å². The Labute approximate surface area is 151 Å². The molecular weight excluding hydrogens is 336 g/mol. The van der Waals surface area contributed by atoms with Crippen LogP contribution >= 0.6 is 0 Å². The zero-order chi connectivity index (χ0) is 18.5. The highest BCUT2D eigenvalue weighted by molar-refractivity contribution is 6.04. The molecule has 136 valence electrons. The lowest BCUT2D eigenvalue weighted by molar-refractivity contribution is -0.384. The Morgan fingerprint density at radius 3 is 2.42 bits per heavy atom. The predicted molar refractivity (Wildman–Crippen MR) is 96.9 cm³/mol. The molecule has 2 aromatic carbocycles. The third-order valence-corrected chi connectivity index (χ3v) is 4.36. The molecule has 1 aliphatic carbocycles. The lowest BCUT2D eigenvalue weighted by atomic mass is 10.1. The molecule has 1 N–H and O–H groups in total. The Balaban J connectivity index is 1.74. The molecule has 3 rings (SSSR count). The Morgan fingerprint density at radius 2 is 1.81 bits per heavy atom. The molecule has 1 saturated carbocycles. The van der Waals surface area contributed by atoms with Gasteiger partial charge in [0.25, 0.3) is 11.6 Å². The van der Waals surface area contributed by atoms with Gasteiger partial charge in [0.1, 0.15) is 0 Å². The molecule has 7 nitrogen and oxygen atoms in total. The minimum atomic E-state index is -0.484. The van der Waals surface area contributed by atoms with Gasteiger partial charge in [0.2, 0.25) is 0 Å². The quantitative estimate of drug-likeness (QED) is 0.619. The average molecular weight is 356 g/mol. The SMILES string of the molecule is COc1ccc(C(=O)Nc2ccc([N+](=O)[O-])cc2)cc1OC1CCCC1. The average Bonchev–Trinajstić information content (AvgIpc) is 3.15. The van der Waals surface area contributed by atoms with Crippen molar-refractivity contribution in [2.45, 2.75) is 31.8 Å². The van der Waals surface area contributed by atoms with Crippen LogP contribution < -0.4 is 14.8 Å². The van der Waals surface area contributed by atoms with Crippen LogP contribution in [0, 0.1) is 10.1 Å². The van der Waals surface area contributed by atoms with Crippen molar-refractivity contribution in [3.8, 4) is 11.5 Å². The number of ether oxygens (including phenoxy) is 2. The molecular formula is C19H20N2O5. The van der Waals surface area contributed by atoms with E-state index >= 15 is 0 Å². The van der Waals surface area contributed by atoms with Crippen molar-refractivity contribution in [3.05, 3.63) is 58.1 Å². The van der Waals surface area contributed by atoms with E-state index in [4.69, 9.17) is 9.47 Å². The molecule has 0 saturated heterocycles. The molecule has 0 radical (unpaired) electrons. The van der Waals surface area contributed by atoms with Gasteiger partial charge in [-0.15, -0.1) is 0 Å². The van der Waals surface area contributed by atoms with Crippen LogP contribution in [0.4, 0.5) is 11.4 Å². The number of anilines is 1. The van der Waals surface area contributed by atoms with E-state index in [-0.39, 0.29) is 17.7 Å². The normalized spacial score (nSPS) is 14.0. The van der Waals surface area contributed by atoms with Gasteiger partial charge in [0.05, 0.1) is 18.1 Å². The first-order valence-electron chi connectivity index (χ1n) is 8.47. The van der Waals surface area contributed by atoms with E-state index in [2.05, 4.69) is 5.32 Å². The number of nitro groups is 1. The number of hydrogen-bond donors (Lipinski definition) is 1. The number of non-ortho nitro benzene ring substituents is 1. The number of nitrogens with zero attached hydrogens (tertiary/aromatic N) is 1. The van der Waals surface area contributed by atoms with Crippen LogP contribution in [0.1, 0.15) is 36.0 Å². The Bertz CT molecular complexity index is 798. The number of carbonyl (C=O) groups is 1. The molecule has 26 heavy (non-hydrogen) atoms. The number of nitro benzene ring substituents is 1. The van der Waals surface area contributed by atoms with E-state index in [1.807, 2.05) is 0 Å². The first-order chi connectivity index (χ1) is 12.6. The summed E-state index contributed by atoms with van der Waals surface area (Å²) in [6.45, 7) is 0. The second-order valence-corrected chi connectivity index (χ2v) is 6.15. The van der Waals surface area contributed by atoms with Crippen LogP contribution in [0.2, 0.25) is 0 Å².